The molecule has 1 aromatic rings. The summed E-state index contributed by atoms with van der Waals surface area (Å²) in [4.78, 5) is 8.09. The minimum absolute atomic E-state index is 0.234. The summed E-state index contributed by atoms with van der Waals surface area (Å²) >= 11 is 0. The van der Waals surface area contributed by atoms with E-state index in [-0.39, 0.29) is 12.5 Å². The van der Waals surface area contributed by atoms with Gasteiger partial charge >= 0.3 is 0 Å². The summed E-state index contributed by atoms with van der Waals surface area (Å²) in [6.45, 7) is 4.90. The molecule has 0 saturated heterocycles. The van der Waals surface area contributed by atoms with Gasteiger partial charge < -0.3 is 15.6 Å². The van der Waals surface area contributed by atoms with E-state index in [4.69, 9.17) is 15.6 Å². The second kappa shape index (κ2) is 7.06. The third-order valence-electron chi connectivity index (χ3n) is 2.50. The molecule has 0 aromatic carbocycles. The van der Waals surface area contributed by atoms with Crippen LogP contribution in [0.2, 0.25) is 0 Å². The minimum atomic E-state index is 0.234. The van der Waals surface area contributed by atoms with Gasteiger partial charge in [-0.3, -0.25) is 0 Å². The lowest BCUT2D eigenvalue weighted by atomic mass is 10.1. The first-order valence-corrected chi connectivity index (χ1v) is 6.00. The third-order valence-corrected chi connectivity index (χ3v) is 2.50. The molecule has 0 aliphatic rings. The van der Waals surface area contributed by atoms with Gasteiger partial charge in [0.2, 0.25) is 5.88 Å². The van der Waals surface area contributed by atoms with Gasteiger partial charge in [0.05, 0.1) is 12.2 Å². The topological polar surface area (TPSA) is 81.3 Å². The zero-order valence-corrected chi connectivity index (χ0v) is 10.5. The summed E-state index contributed by atoms with van der Waals surface area (Å²) in [7, 11) is 0. The van der Waals surface area contributed by atoms with E-state index in [1.807, 2.05) is 13.8 Å². The SMILES string of the molecule is CC(C)c1c(N)ncnc1OCCCCCO. The number of nitrogens with zero attached hydrogens (tertiary/aromatic N) is 2. The van der Waals surface area contributed by atoms with Crippen LogP contribution < -0.4 is 10.5 Å². The molecule has 0 atom stereocenters. The number of hydrogen-bond acceptors (Lipinski definition) is 5. The van der Waals surface area contributed by atoms with Gasteiger partial charge in [0.1, 0.15) is 12.1 Å². The van der Waals surface area contributed by atoms with E-state index in [1.165, 1.54) is 6.33 Å². The van der Waals surface area contributed by atoms with Gasteiger partial charge in [-0.15, -0.1) is 0 Å². The van der Waals surface area contributed by atoms with E-state index in [0.29, 0.717) is 18.3 Å². The molecule has 3 N–H and O–H groups in total. The van der Waals surface area contributed by atoms with Crippen molar-refractivity contribution in [1.82, 2.24) is 9.97 Å². The molecule has 0 bridgehead atoms. The molecule has 96 valence electrons. The number of rotatable bonds is 7. The van der Waals surface area contributed by atoms with Crippen molar-refractivity contribution in [3.05, 3.63) is 11.9 Å². The summed E-state index contributed by atoms with van der Waals surface area (Å²) < 4.78 is 5.61. The van der Waals surface area contributed by atoms with Crippen LogP contribution in [-0.2, 0) is 0 Å². The number of aromatic nitrogens is 2. The highest BCUT2D eigenvalue weighted by molar-refractivity contribution is 5.46. The molecule has 0 aliphatic carbocycles. The number of aliphatic hydroxyl groups is 1. The van der Waals surface area contributed by atoms with Crippen LogP contribution in [0.5, 0.6) is 5.88 Å². The van der Waals surface area contributed by atoms with Crippen molar-refractivity contribution in [1.29, 1.82) is 0 Å². The summed E-state index contributed by atoms with van der Waals surface area (Å²) in [5, 5.41) is 8.66. The standard InChI is InChI=1S/C12H21N3O2/c1-9(2)10-11(13)14-8-15-12(10)17-7-5-3-4-6-16/h8-9,16H,3-7H2,1-2H3,(H2,13,14,15). The molecule has 0 fully saturated rings. The normalized spacial score (nSPS) is 10.8. The van der Waals surface area contributed by atoms with Gasteiger partial charge in [-0.05, 0) is 25.2 Å². The Hall–Kier alpha value is -1.36. The van der Waals surface area contributed by atoms with Gasteiger partial charge in [0, 0.05) is 6.61 Å². The third kappa shape index (κ3) is 4.19. The molecular weight excluding hydrogens is 218 g/mol. The van der Waals surface area contributed by atoms with E-state index in [2.05, 4.69) is 9.97 Å². The average Bonchev–Trinajstić information content (AvgIpc) is 2.28. The summed E-state index contributed by atoms with van der Waals surface area (Å²) in [5.74, 6) is 1.31. The first-order chi connectivity index (χ1) is 8.16. The number of aliphatic hydroxyl groups excluding tert-OH is 1. The van der Waals surface area contributed by atoms with Crippen LogP contribution in [0.3, 0.4) is 0 Å². The highest BCUT2D eigenvalue weighted by Crippen LogP contribution is 2.27. The highest BCUT2D eigenvalue weighted by Gasteiger charge is 2.13. The number of nitrogens with two attached hydrogens (primary N) is 1. The number of ether oxygens (including phenoxy) is 1. The Kier molecular flexibility index (Phi) is 5.69. The minimum Gasteiger partial charge on any atom is -0.477 e. The number of hydrogen-bond donors (Lipinski definition) is 2. The van der Waals surface area contributed by atoms with Gasteiger partial charge in [0.15, 0.2) is 0 Å². The molecule has 0 spiro atoms. The maximum absolute atomic E-state index is 8.66. The van der Waals surface area contributed by atoms with Crippen LogP contribution >= 0.6 is 0 Å². The fourth-order valence-corrected chi connectivity index (χ4v) is 1.61. The van der Waals surface area contributed by atoms with Crippen molar-refractivity contribution in [3.63, 3.8) is 0 Å². The molecule has 0 saturated carbocycles. The second-order valence-electron chi connectivity index (χ2n) is 4.27. The quantitative estimate of drug-likeness (QED) is 0.708. The molecule has 0 amide bonds. The molecule has 0 unspecified atom stereocenters. The largest absolute Gasteiger partial charge is 0.477 e. The van der Waals surface area contributed by atoms with E-state index in [9.17, 15) is 0 Å². The Balaban J connectivity index is 2.55. The van der Waals surface area contributed by atoms with Crippen molar-refractivity contribution < 1.29 is 9.84 Å². The van der Waals surface area contributed by atoms with Crippen molar-refractivity contribution in [2.45, 2.75) is 39.0 Å². The number of unbranched alkanes of at least 4 members (excludes halogenated alkanes) is 2. The van der Waals surface area contributed by atoms with Crippen LogP contribution in [0.15, 0.2) is 6.33 Å². The zero-order chi connectivity index (χ0) is 12.7. The van der Waals surface area contributed by atoms with Gasteiger partial charge in [-0.25, -0.2) is 9.97 Å². The smallest absolute Gasteiger partial charge is 0.222 e. The summed E-state index contributed by atoms with van der Waals surface area (Å²) in [5.41, 5.74) is 6.68. The Bertz CT molecular complexity index is 343. The molecule has 1 rings (SSSR count). The van der Waals surface area contributed by atoms with Crippen LogP contribution in [0.25, 0.3) is 0 Å². The zero-order valence-electron chi connectivity index (χ0n) is 10.5. The molecule has 5 nitrogen and oxygen atoms in total. The highest BCUT2D eigenvalue weighted by atomic mass is 16.5. The molecule has 0 aliphatic heterocycles. The Morgan fingerprint density at radius 3 is 2.71 bits per heavy atom. The van der Waals surface area contributed by atoms with Crippen LogP contribution in [0.1, 0.15) is 44.6 Å². The van der Waals surface area contributed by atoms with Crippen molar-refractivity contribution in [2.24, 2.45) is 0 Å². The fraction of sp³-hybridized carbons (Fsp3) is 0.667. The van der Waals surface area contributed by atoms with Gasteiger partial charge in [-0.2, -0.15) is 0 Å². The van der Waals surface area contributed by atoms with E-state index in [0.717, 1.165) is 24.8 Å². The fourth-order valence-electron chi connectivity index (χ4n) is 1.61. The Morgan fingerprint density at radius 1 is 1.29 bits per heavy atom. The lowest BCUT2D eigenvalue weighted by Crippen LogP contribution is -2.07. The Labute approximate surface area is 102 Å². The molecule has 5 heteroatoms. The number of anilines is 1. The lowest BCUT2D eigenvalue weighted by molar-refractivity contribution is 0.261. The molecule has 1 heterocycles. The summed E-state index contributed by atoms with van der Waals surface area (Å²) in [6.07, 6.45) is 4.09. The van der Waals surface area contributed by atoms with Crippen LogP contribution in [-0.4, -0.2) is 28.3 Å². The van der Waals surface area contributed by atoms with Crippen molar-refractivity contribution in [2.75, 3.05) is 18.9 Å². The van der Waals surface area contributed by atoms with E-state index >= 15 is 0 Å². The van der Waals surface area contributed by atoms with Crippen molar-refractivity contribution in [3.8, 4) is 5.88 Å². The van der Waals surface area contributed by atoms with Crippen molar-refractivity contribution >= 4 is 5.82 Å². The molecule has 1 aromatic heterocycles. The first-order valence-electron chi connectivity index (χ1n) is 6.00. The molecular formula is C12H21N3O2. The molecule has 17 heavy (non-hydrogen) atoms. The van der Waals surface area contributed by atoms with Gasteiger partial charge in [-0.1, -0.05) is 13.8 Å². The lowest BCUT2D eigenvalue weighted by Gasteiger charge is -2.13. The first kappa shape index (κ1) is 13.7. The van der Waals surface area contributed by atoms with Gasteiger partial charge in [0.25, 0.3) is 0 Å². The second-order valence-corrected chi connectivity index (χ2v) is 4.27. The van der Waals surface area contributed by atoms with Crippen LogP contribution in [0, 0.1) is 0 Å². The summed E-state index contributed by atoms with van der Waals surface area (Å²) in [6, 6.07) is 0. The monoisotopic (exact) mass is 239 g/mol. The van der Waals surface area contributed by atoms with Crippen LogP contribution in [0.4, 0.5) is 5.82 Å². The maximum atomic E-state index is 8.66. The maximum Gasteiger partial charge on any atom is 0.222 e. The predicted octanol–water partition coefficient (Wildman–Crippen LogP) is 1.72. The van der Waals surface area contributed by atoms with E-state index < -0.39 is 0 Å². The Morgan fingerprint density at radius 2 is 2.06 bits per heavy atom. The predicted molar refractivity (Wildman–Crippen MR) is 67.0 cm³/mol. The molecule has 0 radical (unpaired) electrons. The average molecular weight is 239 g/mol. The van der Waals surface area contributed by atoms with E-state index in [1.54, 1.807) is 0 Å². The number of nitrogen functional groups attached to an aromatic ring is 1.